The summed E-state index contributed by atoms with van der Waals surface area (Å²) in [7, 11) is 1.61. The van der Waals surface area contributed by atoms with Gasteiger partial charge in [0.15, 0.2) is 6.61 Å². The lowest BCUT2D eigenvalue weighted by Gasteiger charge is -2.20. The van der Waals surface area contributed by atoms with Crippen molar-refractivity contribution in [3.63, 3.8) is 0 Å². The van der Waals surface area contributed by atoms with Crippen LogP contribution in [0.4, 0.5) is 0 Å². The predicted molar refractivity (Wildman–Crippen MR) is 113 cm³/mol. The molecule has 29 heavy (non-hydrogen) atoms. The second kappa shape index (κ2) is 10.4. The highest BCUT2D eigenvalue weighted by atomic mass is 32.1. The first kappa shape index (κ1) is 20.6. The van der Waals surface area contributed by atoms with Gasteiger partial charge in [0.05, 0.1) is 19.6 Å². The summed E-state index contributed by atoms with van der Waals surface area (Å²) in [6.07, 6.45) is 0.880. The lowest BCUT2D eigenvalue weighted by atomic mass is 9.98. The number of hydrogen-bond donors (Lipinski definition) is 1. The maximum Gasteiger partial charge on any atom is 0.306 e. The zero-order chi connectivity index (χ0) is 20.5. The number of amides is 1. The molecule has 2 aromatic carbocycles. The molecule has 1 N–H and O–H groups in total. The third-order valence-electron chi connectivity index (χ3n) is 4.41. The van der Waals surface area contributed by atoms with Crippen LogP contribution in [0.1, 0.15) is 28.5 Å². The van der Waals surface area contributed by atoms with Crippen LogP contribution in [-0.2, 0) is 20.7 Å². The molecule has 0 radical (unpaired) electrons. The number of nitrogens with one attached hydrogen (secondary N) is 1. The first-order valence-corrected chi connectivity index (χ1v) is 10.2. The van der Waals surface area contributed by atoms with Gasteiger partial charge in [0.2, 0.25) is 0 Å². The van der Waals surface area contributed by atoms with Crippen LogP contribution in [0.3, 0.4) is 0 Å². The Balaban J connectivity index is 1.59. The molecule has 1 heterocycles. The maximum atomic E-state index is 12.4. The average molecular weight is 410 g/mol. The van der Waals surface area contributed by atoms with Crippen molar-refractivity contribution >= 4 is 23.2 Å². The van der Waals surface area contributed by atoms with E-state index in [0.717, 1.165) is 21.8 Å². The van der Waals surface area contributed by atoms with Crippen LogP contribution in [-0.4, -0.2) is 25.6 Å². The Kier molecular flexibility index (Phi) is 7.41. The molecule has 150 valence electrons. The van der Waals surface area contributed by atoms with Crippen molar-refractivity contribution in [3.8, 4) is 5.75 Å². The van der Waals surface area contributed by atoms with Gasteiger partial charge in [0.1, 0.15) is 5.75 Å². The number of methoxy groups -OCH3 is 1. The monoisotopic (exact) mass is 409 g/mol. The van der Waals surface area contributed by atoms with E-state index in [-0.39, 0.29) is 30.9 Å². The molecule has 0 aliphatic rings. The topological polar surface area (TPSA) is 64.6 Å². The summed E-state index contributed by atoms with van der Waals surface area (Å²) in [5.41, 5.74) is 1.85. The van der Waals surface area contributed by atoms with E-state index in [9.17, 15) is 9.59 Å². The number of thiophene rings is 1. The number of ether oxygens (including phenoxy) is 2. The van der Waals surface area contributed by atoms with Crippen molar-refractivity contribution in [2.45, 2.75) is 18.9 Å². The van der Waals surface area contributed by atoms with Gasteiger partial charge in [-0.15, -0.1) is 11.3 Å². The molecule has 1 atom stereocenters. The molecule has 1 aromatic heterocycles. The third-order valence-corrected chi connectivity index (χ3v) is 5.34. The van der Waals surface area contributed by atoms with Crippen LogP contribution < -0.4 is 10.1 Å². The number of esters is 1. The van der Waals surface area contributed by atoms with Gasteiger partial charge in [-0.1, -0.05) is 48.5 Å². The summed E-state index contributed by atoms with van der Waals surface area (Å²) in [6.45, 7) is -0.303. The Bertz CT molecular complexity index is 908. The fourth-order valence-corrected chi connectivity index (χ4v) is 3.61. The average Bonchev–Trinajstić information content (AvgIpc) is 3.29. The van der Waals surface area contributed by atoms with Crippen molar-refractivity contribution in [1.82, 2.24) is 5.32 Å². The molecule has 3 rings (SSSR count). The van der Waals surface area contributed by atoms with E-state index in [1.807, 2.05) is 72.1 Å². The standard InChI is InChI=1S/C23H23NO4S/c1-27-19-11-9-18(10-12-19)23(17-6-3-2-4-7-17)24-21(25)16-28-22(26)14-13-20-8-5-15-29-20/h2-12,15,23H,13-14,16H2,1H3,(H,24,25)/t23-/m0/s1. The SMILES string of the molecule is COc1ccc([C@@H](NC(=O)COC(=O)CCc2cccs2)c2ccccc2)cc1. The van der Waals surface area contributed by atoms with E-state index in [0.29, 0.717) is 6.42 Å². The van der Waals surface area contributed by atoms with Gasteiger partial charge in [-0.2, -0.15) is 0 Å². The number of carbonyl (C=O) groups is 2. The number of carbonyl (C=O) groups excluding carboxylic acids is 2. The van der Waals surface area contributed by atoms with Crippen molar-refractivity contribution in [2.75, 3.05) is 13.7 Å². The van der Waals surface area contributed by atoms with E-state index < -0.39 is 0 Å². The number of aryl methyl sites for hydroxylation is 1. The van der Waals surface area contributed by atoms with Gasteiger partial charge in [0, 0.05) is 4.88 Å². The molecule has 0 aliphatic heterocycles. The predicted octanol–water partition coefficient (Wildman–Crippen LogP) is 4.14. The fraction of sp³-hybridized carbons (Fsp3) is 0.217. The first-order chi connectivity index (χ1) is 14.2. The van der Waals surface area contributed by atoms with E-state index in [2.05, 4.69) is 5.32 Å². The van der Waals surface area contributed by atoms with Gasteiger partial charge in [-0.05, 0) is 41.1 Å². The van der Waals surface area contributed by atoms with E-state index in [1.165, 1.54) is 0 Å². The lowest BCUT2D eigenvalue weighted by molar-refractivity contribution is -0.148. The van der Waals surface area contributed by atoms with Crippen molar-refractivity contribution < 1.29 is 19.1 Å². The zero-order valence-electron chi connectivity index (χ0n) is 16.2. The molecule has 0 fully saturated rings. The van der Waals surface area contributed by atoms with E-state index in [4.69, 9.17) is 9.47 Å². The minimum atomic E-state index is -0.380. The fourth-order valence-electron chi connectivity index (χ4n) is 2.90. The highest BCUT2D eigenvalue weighted by molar-refractivity contribution is 7.09. The second-order valence-corrected chi connectivity index (χ2v) is 7.46. The van der Waals surface area contributed by atoms with Gasteiger partial charge in [-0.3, -0.25) is 9.59 Å². The molecule has 0 spiro atoms. The van der Waals surface area contributed by atoms with Crippen LogP contribution in [0.25, 0.3) is 0 Å². The zero-order valence-corrected chi connectivity index (χ0v) is 17.0. The Hall–Kier alpha value is -3.12. The summed E-state index contributed by atoms with van der Waals surface area (Å²) in [4.78, 5) is 25.5. The van der Waals surface area contributed by atoms with Gasteiger partial charge < -0.3 is 14.8 Å². The largest absolute Gasteiger partial charge is 0.497 e. The minimum Gasteiger partial charge on any atom is -0.497 e. The smallest absolute Gasteiger partial charge is 0.306 e. The molecule has 0 unspecified atom stereocenters. The summed E-state index contributed by atoms with van der Waals surface area (Å²) in [5.74, 6) is 0.0139. The molecule has 0 saturated heterocycles. The summed E-state index contributed by atoms with van der Waals surface area (Å²) >= 11 is 1.60. The second-order valence-electron chi connectivity index (χ2n) is 6.42. The Morgan fingerprint density at radius 3 is 2.34 bits per heavy atom. The first-order valence-electron chi connectivity index (χ1n) is 9.32. The van der Waals surface area contributed by atoms with E-state index >= 15 is 0 Å². The molecular formula is C23H23NO4S. The van der Waals surface area contributed by atoms with Crippen molar-refractivity contribution in [2.24, 2.45) is 0 Å². The summed E-state index contributed by atoms with van der Waals surface area (Å²) in [6, 6.07) is 20.7. The molecule has 5 nitrogen and oxygen atoms in total. The molecule has 0 bridgehead atoms. The van der Waals surface area contributed by atoms with E-state index in [1.54, 1.807) is 18.4 Å². The number of rotatable bonds is 9. The maximum absolute atomic E-state index is 12.4. The Labute approximate surface area is 174 Å². The molecular weight excluding hydrogens is 386 g/mol. The number of hydrogen-bond acceptors (Lipinski definition) is 5. The van der Waals surface area contributed by atoms with Crippen LogP contribution >= 0.6 is 11.3 Å². The molecule has 6 heteroatoms. The Morgan fingerprint density at radius 1 is 0.966 bits per heavy atom. The third kappa shape index (κ3) is 6.19. The summed E-state index contributed by atoms with van der Waals surface area (Å²) in [5, 5.41) is 4.93. The molecule has 0 aliphatic carbocycles. The van der Waals surface area contributed by atoms with Crippen LogP contribution in [0.2, 0.25) is 0 Å². The molecule has 3 aromatic rings. The van der Waals surface area contributed by atoms with Crippen LogP contribution in [0.5, 0.6) is 5.75 Å². The Morgan fingerprint density at radius 2 is 1.69 bits per heavy atom. The highest BCUT2D eigenvalue weighted by Gasteiger charge is 2.18. The molecule has 1 amide bonds. The van der Waals surface area contributed by atoms with Gasteiger partial charge in [-0.25, -0.2) is 0 Å². The van der Waals surface area contributed by atoms with Crippen molar-refractivity contribution in [1.29, 1.82) is 0 Å². The minimum absolute atomic E-state index is 0.258. The van der Waals surface area contributed by atoms with Gasteiger partial charge >= 0.3 is 5.97 Å². The van der Waals surface area contributed by atoms with Gasteiger partial charge in [0.25, 0.3) is 5.91 Å². The summed E-state index contributed by atoms with van der Waals surface area (Å²) < 4.78 is 10.4. The van der Waals surface area contributed by atoms with Crippen molar-refractivity contribution in [3.05, 3.63) is 88.1 Å². The molecule has 0 saturated carbocycles. The lowest BCUT2D eigenvalue weighted by Crippen LogP contribution is -2.33. The normalized spacial score (nSPS) is 11.5. The van der Waals surface area contributed by atoms with Crippen LogP contribution in [0, 0.1) is 0 Å². The highest BCUT2D eigenvalue weighted by Crippen LogP contribution is 2.24. The quantitative estimate of drug-likeness (QED) is 0.540. The van der Waals surface area contributed by atoms with Crippen LogP contribution in [0.15, 0.2) is 72.1 Å². The number of benzene rings is 2.